The van der Waals surface area contributed by atoms with Gasteiger partial charge in [0.2, 0.25) is 0 Å². The van der Waals surface area contributed by atoms with Gasteiger partial charge in [-0.15, -0.1) is 24.0 Å². The number of nitrogen functional groups attached to an aromatic ring is 1. The summed E-state index contributed by atoms with van der Waals surface area (Å²) in [5.41, 5.74) is 10.0. The molecule has 22 nitrogen and oxygen atoms in total. The molecule has 2 aromatic rings. The number of nitrogens with two attached hydrogens (primary N) is 1. The van der Waals surface area contributed by atoms with Gasteiger partial charge in [0.15, 0.2) is 6.10 Å². The number of aliphatic hydroxyl groups excluding tert-OH is 4. The number of rotatable bonds is 17. The summed E-state index contributed by atoms with van der Waals surface area (Å²) in [6.45, 7) is 9.68. The van der Waals surface area contributed by atoms with Crippen LogP contribution in [0, 0.1) is 21.4 Å². The summed E-state index contributed by atoms with van der Waals surface area (Å²) >= 11 is 16.7. The van der Waals surface area contributed by atoms with E-state index in [4.69, 9.17) is 36.0 Å². The van der Waals surface area contributed by atoms with Crippen LogP contribution in [0.4, 0.5) is 5.69 Å². The summed E-state index contributed by atoms with van der Waals surface area (Å²) in [7, 11) is -0.586. The second-order valence-electron chi connectivity index (χ2n) is 15.2. The predicted octanol–water partition coefficient (Wildman–Crippen LogP) is 4.05. The van der Waals surface area contributed by atoms with E-state index in [0.29, 0.717) is 76.6 Å². The van der Waals surface area contributed by atoms with E-state index >= 15 is 0 Å². The minimum absolute atomic E-state index is 0. The fourth-order valence-corrected chi connectivity index (χ4v) is 15.0. The van der Waals surface area contributed by atoms with Crippen LogP contribution in [0.25, 0.3) is 0 Å². The molecule has 4 atom stereocenters. The Balaban J connectivity index is 0.00000117. The molecule has 2 aliphatic rings. The van der Waals surface area contributed by atoms with Crippen molar-refractivity contribution in [2.75, 3.05) is 52.0 Å². The molecule has 0 radical (unpaired) electrons. The Labute approximate surface area is 522 Å². The summed E-state index contributed by atoms with van der Waals surface area (Å²) < 4.78 is 29.0. The Kier molecular flexibility index (Phi) is 36.0. The van der Waals surface area contributed by atoms with Gasteiger partial charge in [0.05, 0.1) is 118 Å². The van der Waals surface area contributed by atoms with Crippen LogP contribution in [0.1, 0.15) is 94.6 Å². The maximum atomic E-state index is 13.1. The molecule has 2 fully saturated rings. The molecular formula is C40H58B2ClI7N6O16. The smallest absolute Gasteiger partial charge is 0.453 e. The quantitative estimate of drug-likeness (QED) is 0.0266. The third-order valence-corrected chi connectivity index (χ3v) is 16.8. The van der Waals surface area contributed by atoms with Gasteiger partial charge >= 0.3 is 20.2 Å². The number of ether oxygens (including phenoxy) is 1. The molecule has 0 bridgehead atoms. The zero-order chi connectivity index (χ0) is 53.3. The molecule has 4 rings (SSSR count). The molecule has 12 N–H and O–H groups in total. The van der Waals surface area contributed by atoms with E-state index in [9.17, 15) is 54.4 Å². The average Bonchev–Trinajstić information content (AvgIpc) is 3.29. The van der Waals surface area contributed by atoms with Crippen molar-refractivity contribution in [2.45, 2.75) is 97.6 Å². The van der Waals surface area contributed by atoms with Crippen LogP contribution < -0.4 is 32.5 Å². The van der Waals surface area contributed by atoms with E-state index in [1.54, 1.807) is 20.6 Å². The average molecular weight is 1820 g/mol. The molecule has 4 amide bonds. The van der Waals surface area contributed by atoms with Gasteiger partial charge in [-0.05, 0) is 181 Å². The minimum Gasteiger partial charge on any atom is -0.453 e. The van der Waals surface area contributed by atoms with Crippen molar-refractivity contribution in [3.8, 4) is 0 Å². The first-order chi connectivity index (χ1) is 32.8. The monoisotopic (exact) mass is 1820 g/mol. The fourth-order valence-electron chi connectivity index (χ4n) is 5.97. The number of carbonyl (C=O) groups excluding carboxylic acids is 6. The number of anilines is 1. The Hall–Kier alpha value is 0.390. The lowest BCUT2D eigenvalue weighted by molar-refractivity contribution is -0.149. The first-order valence-electron chi connectivity index (χ1n) is 20.9. The highest BCUT2D eigenvalue weighted by atomic mass is 127. The number of benzene rings is 2. The Morgan fingerprint density at radius 2 is 1.04 bits per heavy atom. The lowest BCUT2D eigenvalue weighted by Gasteiger charge is -2.28. The van der Waals surface area contributed by atoms with Crippen molar-refractivity contribution in [2.24, 2.45) is 0 Å². The molecule has 2 saturated heterocycles. The van der Waals surface area contributed by atoms with Crippen molar-refractivity contribution in [1.29, 1.82) is 0 Å². The molecule has 2 unspecified atom stereocenters. The standard InChI is InChI=1S/C18H26I3N3O7.C16H20B2I3N3O6.C5H7ClO3.CH4.HI/c1-3-8(4-25)22-17(29)11-13(19)10(16(24-31)7(2)28)14(20)12(15(11)21)18(30)23-9(5-26)6-27;1-17-27-3-7(4-28-17)23-15(25)9-11(19)10(13(21)14(22)12(9)20)16(26)24-8-5-29-18(2)30-6-8;1-3(5(6)8)9-4(2)7;;/h7-9,16,24-28,31H,3-6H2,1-2H3,(H,22,29)(H,23,30);7-8H,3-6,22H2,1-2H3,(H,23,25)(H,24,26);3H,1-2H3;1H4;1H/t7-,8?,16?;;3-;;/m0.0../s1. The SMILES string of the molecule is C.CB1OCC(NC(=O)c2c(I)c(N)c(I)c(C(=O)NC3COB(C)OC3)c2I)CO1.CC(=O)O[C@@H](C)C(=O)Cl.CCC(CO)NC(=O)c1c(I)c(C(=O)NC(CO)CO)c(I)c(C(NO)[C@H](C)O)c1I.I. The minimum atomic E-state index is -1.07. The van der Waals surface area contributed by atoms with E-state index in [-0.39, 0.29) is 87.3 Å². The Morgan fingerprint density at radius 1 is 0.694 bits per heavy atom. The molecule has 32 heteroatoms. The molecule has 2 aliphatic heterocycles. The predicted molar refractivity (Wildman–Crippen MR) is 331 cm³/mol. The summed E-state index contributed by atoms with van der Waals surface area (Å²) in [6.07, 6.45) is -1.41. The number of hydroxylamine groups is 1. The van der Waals surface area contributed by atoms with Crippen molar-refractivity contribution in [3.63, 3.8) is 0 Å². The van der Waals surface area contributed by atoms with Crippen LogP contribution in [0.5, 0.6) is 0 Å². The maximum absolute atomic E-state index is 13.1. The molecule has 0 aliphatic carbocycles. The van der Waals surface area contributed by atoms with Gasteiger partial charge in [0.25, 0.3) is 28.9 Å². The largest absolute Gasteiger partial charge is 0.453 e. The highest BCUT2D eigenvalue weighted by Gasteiger charge is 2.35. The first-order valence-corrected chi connectivity index (χ1v) is 27.8. The fraction of sp³-hybridized carbons (Fsp3) is 0.550. The Morgan fingerprint density at radius 3 is 1.32 bits per heavy atom. The summed E-state index contributed by atoms with van der Waals surface area (Å²) in [5, 5.41) is 58.3. The first kappa shape index (κ1) is 72.4. The zero-order valence-electron chi connectivity index (χ0n) is 38.7. The van der Waals surface area contributed by atoms with Gasteiger partial charge in [-0.25, -0.2) is 0 Å². The van der Waals surface area contributed by atoms with E-state index < -0.39 is 66.6 Å². The third kappa shape index (κ3) is 21.2. The summed E-state index contributed by atoms with van der Waals surface area (Å²) in [5.74, 6) is -2.32. The van der Waals surface area contributed by atoms with E-state index in [1.807, 2.05) is 141 Å². The van der Waals surface area contributed by atoms with Crippen LogP contribution in [-0.2, 0) is 32.9 Å². The number of amides is 4. The topological polar surface area (TPSA) is 336 Å². The van der Waals surface area contributed by atoms with Gasteiger partial charge in [0.1, 0.15) is 0 Å². The van der Waals surface area contributed by atoms with E-state index in [2.05, 4.69) is 26.0 Å². The lowest BCUT2D eigenvalue weighted by Crippen LogP contribution is -2.49. The molecule has 0 saturated carbocycles. The molecule has 2 aromatic carbocycles. The van der Waals surface area contributed by atoms with Crippen LogP contribution >= 0.6 is 171 Å². The number of carbonyl (C=O) groups is 6. The highest BCUT2D eigenvalue weighted by molar-refractivity contribution is 14.1. The maximum Gasteiger partial charge on any atom is 0.453 e. The second kappa shape index (κ2) is 35.8. The number of hydrogen-bond donors (Lipinski definition) is 11. The molecular weight excluding hydrogens is 1770 g/mol. The third-order valence-electron chi connectivity index (χ3n) is 9.83. The van der Waals surface area contributed by atoms with E-state index in [0.717, 1.165) is 0 Å². The van der Waals surface area contributed by atoms with Crippen LogP contribution in [0.15, 0.2) is 0 Å². The van der Waals surface area contributed by atoms with Gasteiger partial charge in [0, 0.05) is 26.8 Å². The number of halogens is 8. The molecule has 72 heavy (non-hydrogen) atoms. The van der Waals surface area contributed by atoms with Crippen molar-refractivity contribution >= 4 is 226 Å². The number of esters is 1. The van der Waals surface area contributed by atoms with Crippen molar-refractivity contribution in [3.05, 3.63) is 49.2 Å². The number of nitrogens with one attached hydrogen (secondary N) is 5. The number of aliphatic hydroxyl groups is 4. The van der Waals surface area contributed by atoms with Crippen molar-refractivity contribution < 1.29 is 77.8 Å². The molecule has 406 valence electrons. The van der Waals surface area contributed by atoms with Crippen molar-refractivity contribution in [1.82, 2.24) is 26.7 Å². The van der Waals surface area contributed by atoms with Gasteiger partial charge < -0.3 is 76.0 Å². The van der Waals surface area contributed by atoms with Gasteiger partial charge in [-0.2, -0.15) is 5.48 Å². The highest BCUT2D eigenvalue weighted by Crippen LogP contribution is 2.37. The lowest BCUT2D eigenvalue weighted by atomic mass is 9.93. The van der Waals surface area contributed by atoms with Crippen LogP contribution in [0.3, 0.4) is 0 Å². The normalized spacial score (nSPS) is 15.4. The zero-order valence-corrected chi connectivity index (χ0v) is 54.7. The summed E-state index contributed by atoms with van der Waals surface area (Å²) in [4.78, 5) is 72.5. The second-order valence-corrected chi connectivity index (χ2v) is 22.1. The molecule has 2 heterocycles. The molecule has 0 spiro atoms. The van der Waals surface area contributed by atoms with Gasteiger partial charge in [-0.1, -0.05) is 14.4 Å². The Bertz CT molecular complexity index is 2060. The van der Waals surface area contributed by atoms with E-state index in [1.165, 1.54) is 20.8 Å². The van der Waals surface area contributed by atoms with Crippen LogP contribution in [-0.4, -0.2) is 157 Å². The number of hydrogen-bond acceptors (Lipinski definition) is 18. The van der Waals surface area contributed by atoms with Gasteiger partial charge in [-0.3, -0.25) is 28.8 Å². The molecule has 0 aromatic heterocycles. The van der Waals surface area contributed by atoms with Crippen LogP contribution in [0.2, 0.25) is 13.6 Å². The summed E-state index contributed by atoms with van der Waals surface area (Å²) in [6, 6.07) is -2.95.